The molecule has 161 valence electrons. The highest BCUT2D eigenvalue weighted by molar-refractivity contribution is 6.09. The van der Waals surface area contributed by atoms with Crippen LogP contribution in [0.5, 0.6) is 0 Å². The monoisotopic (exact) mass is 425 g/mol. The first-order chi connectivity index (χ1) is 15.6. The zero-order chi connectivity index (χ0) is 22.1. The lowest BCUT2D eigenvalue weighted by molar-refractivity contribution is 0.0965. The first kappa shape index (κ1) is 20.3. The van der Waals surface area contributed by atoms with Crippen LogP contribution >= 0.6 is 0 Å². The Morgan fingerprint density at radius 1 is 0.938 bits per heavy atom. The lowest BCUT2D eigenvalue weighted by Crippen LogP contribution is -2.36. The van der Waals surface area contributed by atoms with Crippen molar-refractivity contribution in [3.05, 3.63) is 88.7 Å². The van der Waals surface area contributed by atoms with Gasteiger partial charge < -0.3 is 15.0 Å². The number of nitrogens with one attached hydrogen (secondary N) is 1. The normalized spacial score (nSPS) is 15.6. The summed E-state index contributed by atoms with van der Waals surface area (Å²) in [6.07, 6.45) is 3.42. The van der Waals surface area contributed by atoms with E-state index in [9.17, 15) is 4.79 Å². The van der Waals surface area contributed by atoms with Crippen molar-refractivity contribution in [2.45, 2.75) is 13.8 Å². The molecule has 2 aliphatic rings. The number of fused-ring (bicyclic) bond motifs is 1. The Hall–Kier alpha value is -3.64. The van der Waals surface area contributed by atoms with E-state index in [4.69, 9.17) is 4.74 Å². The van der Waals surface area contributed by atoms with E-state index in [1.165, 1.54) is 0 Å². The molecule has 0 bridgehead atoms. The number of carbonyl (C=O) groups is 1. The van der Waals surface area contributed by atoms with Gasteiger partial charge in [-0.25, -0.2) is 10.3 Å². The maximum Gasteiger partial charge on any atom is 0.281 e. The van der Waals surface area contributed by atoms with Crippen molar-refractivity contribution >= 4 is 28.7 Å². The van der Waals surface area contributed by atoms with Crippen LogP contribution in [0.25, 0.3) is 5.57 Å². The van der Waals surface area contributed by atoms with Crippen LogP contribution in [0.3, 0.4) is 0 Å². The maximum atomic E-state index is 12.8. The quantitative estimate of drug-likeness (QED) is 0.670. The molecule has 6 nitrogen and oxygen atoms in total. The van der Waals surface area contributed by atoms with Gasteiger partial charge in [0.2, 0.25) is 0 Å². The summed E-state index contributed by atoms with van der Waals surface area (Å²) < 4.78 is 5.43. The number of ether oxygens (including phenoxy) is 1. The first-order valence-electron chi connectivity index (χ1n) is 10.8. The minimum absolute atomic E-state index is 0.282. The molecule has 3 heterocycles. The Morgan fingerprint density at radius 2 is 1.66 bits per heavy atom. The Morgan fingerprint density at radius 3 is 2.38 bits per heavy atom. The molecule has 0 saturated carbocycles. The minimum atomic E-state index is -0.282. The number of aryl methyl sites for hydroxylation is 2. The Bertz CT molecular complexity index is 1170. The van der Waals surface area contributed by atoms with Crippen molar-refractivity contribution in [2.24, 2.45) is 0 Å². The van der Waals surface area contributed by atoms with E-state index in [1.807, 2.05) is 24.3 Å². The summed E-state index contributed by atoms with van der Waals surface area (Å²) in [5.74, 6) is 0.239. The topological polar surface area (TPSA) is 68.6 Å². The van der Waals surface area contributed by atoms with Crippen LogP contribution in [0.2, 0.25) is 0 Å². The second-order valence-corrected chi connectivity index (χ2v) is 8.10. The van der Waals surface area contributed by atoms with E-state index >= 15 is 0 Å². The van der Waals surface area contributed by atoms with E-state index in [-0.39, 0.29) is 5.91 Å². The number of anilines is 3. The average Bonchev–Trinajstić information content (AvgIpc) is 2.81. The van der Waals surface area contributed by atoms with Gasteiger partial charge in [-0.2, -0.15) is 0 Å². The van der Waals surface area contributed by atoms with E-state index in [1.54, 1.807) is 12.4 Å². The molecule has 2 aromatic carbocycles. The number of aromatic nitrogens is 1. The molecule has 0 spiro atoms. The van der Waals surface area contributed by atoms with Gasteiger partial charge in [-0.05, 0) is 60.9 Å². The molecule has 2 aliphatic heterocycles. The number of morpholine rings is 1. The number of benzene rings is 2. The standard InChI is InChI=1S/C26H25N4O2/c1-17-4-3-5-18(2)23(17)22-16-28-26(31)24-21(22)10-11-27-25(24)29-19-6-8-20(9-7-19)30-12-14-32-15-13-30/h3-11,16H,12-15H2,1-2H3,(H,27,29). The zero-order valence-electron chi connectivity index (χ0n) is 18.3. The SMILES string of the molecule is Cc1cccc(C)c1C1=C[N]C(=O)c2c1ccnc2Nc1ccc(N2CCOCC2)cc1. The second-order valence-electron chi connectivity index (χ2n) is 8.10. The summed E-state index contributed by atoms with van der Waals surface area (Å²) in [5.41, 5.74) is 7.75. The molecule has 32 heavy (non-hydrogen) atoms. The van der Waals surface area contributed by atoms with Gasteiger partial charge in [0, 0.05) is 48.0 Å². The highest BCUT2D eigenvalue weighted by Crippen LogP contribution is 2.36. The van der Waals surface area contributed by atoms with Gasteiger partial charge >= 0.3 is 0 Å². The third-order valence-corrected chi connectivity index (χ3v) is 6.02. The highest BCUT2D eigenvalue weighted by Gasteiger charge is 2.27. The van der Waals surface area contributed by atoms with Crippen molar-refractivity contribution < 1.29 is 9.53 Å². The van der Waals surface area contributed by atoms with Crippen LogP contribution in [-0.4, -0.2) is 37.2 Å². The van der Waals surface area contributed by atoms with Gasteiger partial charge in [-0.1, -0.05) is 18.2 Å². The van der Waals surface area contributed by atoms with Crippen LogP contribution < -0.4 is 15.5 Å². The van der Waals surface area contributed by atoms with Gasteiger partial charge in [0.05, 0.1) is 18.8 Å². The third kappa shape index (κ3) is 3.74. The van der Waals surface area contributed by atoms with Crippen molar-refractivity contribution in [1.82, 2.24) is 10.3 Å². The number of hydrogen-bond acceptors (Lipinski definition) is 5. The highest BCUT2D eigenvalue weighted by atomic mass is 16.5. The number of nitrogens with zero attached hydrogens (tertiary/aromatic N) is 3. The molecule has 0 unspecified atom stereocenters. The first-order valence-corrected chi connectivity index (χ1v) is 10.8. The molecule has 0 aliphatic carbocycles. The van der Waals surface area contributed by atoms with Crippen LogP contribution in [0.1, 0.15) is 32.6 Å². The van der Waals surface area contributed by atoms with E-state index in [0.717, 1.165) is 65.5 Å². The van der Waals surface area contributed by atoms with Crippen molar-refractivity contribution in [3.63, 3.8) is 0 Å². The summed E-state index contributed by atoms with van der Waals surface area (Å²) in [6.45, 7) is 7.45. The van der Waals surface area contributed by atoms with E-state index < -0.39 is 0 Å². The van der Waals surface area contributed by atoms with Crippen LogP contribution in [-0.2, 0) is 4.74 Å². The van der Waals surface area contributed by atoms with Crippen molar-refractivity contribution in [1.29, 1.82) is 0 Å². The molecule has 1 amide bonds. The Balaban J connectivity index is 1.47. The van der Waals surface area contributed by atoms with Gasteiger partial charge in [-0.3, -0.25) is 4.79 Å². The molecule has 0 atom stereocenters. The fraction of sp³-hybridized carbons (Fsp3) is 0.231. The van der Waals surface area contributed by atoms with Gasteiger partial charge in [-0.15, -0.1) is 0 Å². The summed E-state index contributed by atoms with van der Waals surface area (Å²) >= 11 is 0. The van der Waals surface area contributed by atoms with Crippen LogP contribution in [0.4, 0.5) is 17.2 Å². The number of hydrogen-bond donors (Lipinski definition) is 1. The number of pyridine rings is 1. The summed E-state index contributed by atoms with van der Waals surface area (Å²) in [7, 11) is 0. The molecular weight excluding hydrogens is 400 g/mol. The van der Waals surface area contributed by atoms with Gasteiger partial charge in [0.25, 0.3) is 5.91 Å². The molecule has 1 radical (unpaired) electrons. The number of amides is 1. The summed E-state index contributed by atoms with van der Waals surface area (Å²) in [5, 5.41) is 7.52. The number of rotatable bonds is 4. The second kappa shape index (κ2) is 8.48. The summed E-state index contributed by atoms with van der Waals surface area (Å²) in [4.78, 5) is 19.6. The fourth-order valence-corrected chi connectivity index (χ4v) is 4.41. The molecule has 3 aromatic rings. The van der Waals surface area contributed by atoms with E-state index in [2.05, 4.69) is 58.6 Å². The van der Waals surface area contributed by atoms with Crippen LogP contribution in [0.15, 0.2) is 60.9 Å². The lowest BCUT2D eigenvalue weighted by Gasteiger charge is -2.29. The van der Waals surface area contributed by atoms with Crippen LogP contribution in [0, 0.1) is 13.8 Å². The predicted molar refractivity (Wildman–Crippen MR) is 126 cm³/mol. The van der Waals surface area contributed by atoms with Gasteiger partial charge in [0.15, 0.2) is 0 Å². The molecular formula is C26H25N4O2. The molecule has 1 fully saturated rings. The fourth-order valence-electron chi connectivity index (χ4n) is 4.41. The third-order valence-electron chi connectivity index (χ3n) is 6.02. The predicted octanol–water partition coefficient (Wildman–Crippen LogP) is 4.43. The molecule has 6 heteroatoms. The van der Waals surface area contributed by atoms with Crippen molar-refractivity contribution in [2.75, 3.05) is 36.5 Å². The molecule has 5 rings (SSSR count). The van der Waals surface area contributed by atoms with E-state index in [0.29, 0.717) is 11.4 Å². The zero-order valence-corrected chi connectivity index (χ0v) is 18.3. The Kier molecular flexibility index (Phi) is 5.37. The molecule has 1 aromatic heterocycles. The minimum Gasteiger partial charge on any atom is -0.378 e. The molecule has 1 N–H and O–H groups in total. The van der Waals surface area contributed by atoms with Crippen molar-refractivity contribution in [3.8, 4) is 0 Å². The smallest absolute Gasteiger partial charge is 0.281 e. The Labute approximate surface area is 187 Å². The molecule has 1 saturated heterocycles. The maximum absolute atomic E-state index is 12.8. The van der Waals surface area contributed by atoms with Gasteiger partial charge in [0.1, 0.15) is 5.82 Å². The number of carbonyl (C=O) groups excluding carboxylic acids is 1. The summed E-state index contributed by atoms with van der Waals surface area (Å²) in [6, 6.07) is 16.3. The average molecular weight is 426 g/mol. The largest absolute Gasteiger partial charge is 0.378 e. The lowest BCUT2D eigenvalue weighted by atomic mass is 9.88.